The van der Waals surface area contributed by atoms with Crippen LogP contribution in [0.3, 0.4) is 0 Å². The molecule has 0 aromatic rings. The van der Waals surface area contributed by atoms with E-state index < -0.39 is 17.4 Å². The Balaban J connectivity index is 1.59. The lowest BCUT2D eigenvalue weighted by atomic mass is 9.69. The zero-order valence-electron chi connectivity index (χ0n) is 14.7. The lowest BCUT2D eigenvalue weighted by molar-refractivity contribution is -0.172. The number of rotatable bonds is 4. The highest BCUT2D eigenvalue weighted by Crippen LogP contribution is 2.82. The van der Waals surface area contributed by atoms with Gasteiger partial charge in [-0.2, -0.15) is 0 Å². The summed E-state index contributed by atoms with van der Waals surface area (Å²) in [4.78, 5) is 38.2. The molecule has 0 saturated heterocycles. The molecule has 0 heterocycles. The number of Topliss-reactive ketones (excluding diaryl/α,β-unsaturated/α-hetero) is 1. The van der Waals surface area contributed by atoms with Gasteiger partial charge in [0.2, 0.25) is 0 Å². The molecule has 6 atom stereocenters. The second kappa shape index (κ2) is 4.74. The van der Waals surface area contributed by atoms with Crippen LogP contribution in [-0.2, 0) is 23.9 Å². The summed E-state index contributed by atoms with van der Waals surface area (Å²) in [5, 5.41) is 0. The molecule has 5 fully saturated rings. The fourth-order valence-corrected chi connectivity index (χ4v) is 7.05. The van der Waals surface area contributed by atoms with E-state index in [0.29, 0.717) is 48.7 Å². The van der Waals surface area contributed by atoms with E-state index in [-0.39, 0.29) is 24.5 Å². The molecule has 25 heavy (non-hydrogen) atoms. The Labute approximate surface area is 147 Å². The number of carbonyl (C=O) groups excluding carboxylic acids is 3. The van der Waals surface area contributed by atoms with Gasteiger partial charge in [0.1, 0.15) is 5.78 Å². The van der Waals surface area contributed by atoms with Crippen LogP contribution >= 0.6 is 0 Å². The van der Waals surface area contributed by atoms with Gasteiger partial charge in [-0.15, -0.1) is 0 Å². The normalized spacial score (nSPS) is 44.0. The van der Waals surface area contributed by atoms with Crippen LogP contribution in [0.15, 0.2) is 11.6 Å². The second-order valence-corrected chi connectivity index (χ2v) is 8.50. The maximum absolute atomic E-state index is 12.8. The first-order valence-electron chi connectivity index (χ1n) is 9.58. The van der Waals surface area contributed by atoms with E-state index in [4.69, 9.17) is 9.47 Å². The Morgan fingerprint density at radius 1 is 1.20 bits per heavy atom. The standard InChI is InChI=1S/C20H24O5/c1-3-24-17(22)19(18(23)25-4-2)8-11-5-10-6-14(21)15-12-7-13(10)20(11,9-19)16(12)15/h5,10,12-13,15-16H,3-4,6-9H2,1-2H3. The molecule has 5 heteroatoms. The molecular weight excluding hydrogens is 320 g/mol. The molecule has 0 amide bonds. The van der Waals surface area contributed by atoms with Gasteiger partial charge < -0.3 is 9.47 Å². The van der Waals surface area contributed by atoms with Crippen molar-refractivity contribution in [3.05, 3.63) is 11.6 Å². The summed E-state index contributed by atoms with van der Waals surface area (Å²) in [6.45, 7) is 4.03. The van der Waals surface area contributed by atoms with Gasteiger partial charge in [-0.05, 0) is 56.8 Å². The van der Waals surface area contributed by atoms with Gasteiger partial charge in [-0.1, -0.05) is 11.6 Å². The molecule has 0 aliphatic heterocycles. The molecule has 6 aliphatic rings. The Morgan fingerprint density at radius 3 is 2.52 bits per heavy atom. The van der Waals surface area contributed by atoms with E-state index in [1.807, 2.05) is 0 Å². The first-order valence-corrected chi connectivity index (χ1v) is 9.58. The van der Waals surface area contributed by atoms with E-state index >= 15 is 0 Å². The van der Waals surface area contributed by atoms with Crippen molar-refractivity contribution in [2.24, 2.45) is 40.4 Å². The molecule has 6 aliphatic carbocycles. The van der Waals surface area contributed by atoms with Crippen LogP contribution in [-0.4, -0.2) is 30.9 Å². The minimum Gasteiger partial charge on any atom is -0.465 e. The zero-order valence-corrected chi connectivity index (χ0v) is 14.7. The summed E-state index contributed by atoms with van der Waals surface area (Å²) < 4.78 is 10.6. The average Bonchev–Trinajstić information content (AvgIpc) is 3.01. The summed E-state index contributed by atoms with van der Waals surface area (Å²) in [5.41, 5.74) is -0.103. The van der Waals surface area contributed by atoms with E-state index in [9.17, 15) is 14.4 Å². The van der Waals surface area contributed by atoms with Crippen molar-refractivity contribution in [2.75, 3.05) is 13.2 Å². The summed E-state index contributed by atoms with van der Waals surface area (Å²) in [6, 6.07) is 0. The number of ketones is 1. The SMILES string of the molecule is CCOC(=O)C1(C(=O)OCC)CC2=CC3CC(=O)C4C5CC3C2(C1)C54. The smallest absolute Gasteiger partial charge is 0.323 e. The highest BCUT2D eigenvalue weighted by molar-refractivity contribution is 6.01. The van der Waals surface area contributed by atoms with Gasteiger partial charge in [0.05, 0.1) is 13.2 Å². The van der Waals surface area contributed by atoms with Crippen LogP contribution in [0.2, 0.25) is 0 Å². The Hall–Kier alpha value is -1.65. The summed E-state index contributed by atoms with van der Waals surface area (Å²) >= 11 is 0. The minimum atomic E-state index is -1.21. The topological polar surface area (TPSA) is 69.7 Å². The van der Waals surface area contributed by atoms with E-state index in [2.05, 4.69) is 6.08 Å². The zero-order chi connectivity index (χ0) is 17.6. The Kier molecular flexibility index (Phi) is 2.96. The Morgan fingerprint density at radius 2 is 1.88 bits per heavy atom. The largest absolute Gasteiger partial charge is 0.465 e. The third-order valence-corrected chi connectivity index (χ3v) is 7.71. The number of carbonyl (C=O) groups is 3. The number of allylic oxidation sites excluding steroid dienone is 2. The lowest BCUT2D eigenvalue weighted by Gasteiger charge is -2.34. The quantitative estimate of drug-likeness (QED) is 0.445. The van der Waals surface area contributed by atoms with Gasteiger partial charge >= 0.3 is 11.9 Å². The maximum atomic E-state index is 12.8. The first-order chi connectivity index (χ1) is 12.0. The summed E-state index contributed by atoms with van der Waals surface area (Å²) in [7, 11) is 0. The highest BCUT2D eigenvalue weighted by atomic mass is 16.6. The van der Waals surface area contributed by atoms with E-state index in [0.717, 1.165) is 6.42 Å². The molecule has 0 N–H and O–H groups in total. The van der Waals surface area contributed by atoms with Crippen LogP contribution in [0.1, 0.15) is 39.5 Å². The van der Waals surface area contributed by atoms with E-state index in [1.54, 1.807) is 13.8 Å². The van der Waals surface area contributed by atoms with Crippen molar-refractivity contribution in [1.29, 1.82) is 0 Å². The van der Waals surface area contributed by atoms with Crippen molar-refractivity contribution in [2.45, 2.75) is 39.5 Å². The van der Waals surface area contributed by atoms with Gasteiger partial charge in [0.15, 0.2) is 5.41 Å². The molecular formula is C20H24O5. The van der Waals surface area contributed by atoms with Crippen molar-refractivity contribution >= 4 is 17.7 Å². The maximum Gasteiger partial charge on any atom is 0.323 e. The third kappa shape index (κ3) is 1.63. The number of fused-ring (bicyclic) bond motifs is 1. The van der Waals surface area contributed by atoms with Crippen LogP contribution in [0, 0.1) is 40.4 Å². The van der Waals surface area contributed by atoms with Crippen molar-refractivity contribution in [3.8, 4) is 0 Å². The van der Waals surface area contributed by atoms with Gasteiger partial charge in [0, 0.05) is 17.8 Å². The fourth-order valence-electron chi connectivity index (χ4n) is 7.05. The highest BCUT2D eigenvalue weighted by Gasteiger charge is 2.80. The predicted octanol–water partition coefficient (Wildman–Crippen LogP) is 2.29. The molecule has 5 nitrogen and oxygen atoms in total. The summed E-state index contributed by atoms with van der Waals surface area (Å²) in [5.74, 6) is 1.24. The van der Waals surface area contributed by atoms with Crippen LogP contribution in [0.25, 0.3) is 0 Å². The predicted molar refractivity (Wildman–Crippen MR) is 87.1 cm³/mol. The molecule has 6 rings (SSSR count). The molecule has 5 saturated carbocycles. The van der Waals surface area contributed by atoms with Crippen LogP contribution in [0.5, 0.6) is 0 Å². The number of hydrogen-bond donors (Lipinski definition) is 0. The van der Waals surface area contributed by atoms with Crippen LogP contribution in [0.4, 0.5) is 0 Å². The van der Waals surface area contributed by atoms with Gasteiger partial charge in [-0.25, -0.2) is 0 Å². The molecule has 0 aromatic carbocycles. The lowest BCUT2D eigenvalue weighted by Crippen LogP contribution is -2.42. The number of hydrogen-bond acceptors (Lipinski definition) is 5. The van der Waals surface area contributed by atoms with Crippen molar-refractivity contribution < 1.29 is 23.9 Å². The average molecular weight is 344 g/mol. The second-order valence-electron chi connectivity index (χ2n) is 8.50. The first kappa shape index (κ1) is 15.6. The van der Waals surface area contributed by atoms with Crippen molar-refractivity contribution in [1.82, 2.24) is 0 Å². The molecule has 0 radical (unpaired) electrons. The molecule has 6 bridgehead atoms. The van der Waals surface area contributed by atoms with Crippen molar-refractivity contribution in [3.63, 3.8) is 0 Å². The third-order valence-electron chi connectivity index (χ3n) is 7.71. The number of esters is 2. The Bertz CT molecular complexity index is 704. The van der Waals surface area contributed by atoms with Gasteiger partial charge in [0.25, 0.3) is 0 Å². The van der Waals surface area contributed by atoms with Crippen LogP contribution < -0.4 is 0 Å². The molecule has 0 aromatic heterocycles. The molecule has 134 valence electrons. The van der Waals surface area contributed by atoms with E-state index in [1.165, 1.54) is 5.57 Å². The molecule has 6 unspecified atom stereocenters. The fraction of sp³-hybridized carbons (Fsp3) is 0.750. The van der Waals surface area contributed by atoms with Gasteiger partial charge in [-0.3, -0.25) is 14.4 Å². The number of ether oxygens (including phenoxy) is 2. The minimum absolute atomic E-state index is 0.133. The monoisotopic (exact) mass is 344 g/mol. The summed E-state index contributed by atoms with van der Waals surface area (Å²) in [6.07, 6.45) is 4.86. The molecule has 1 spiro atoms.